The molecule has 0 unspecified atom stereocenters. The summed E-state index contributed by atoms with van der Waals surface area (Å²) in [6.07, 6.45) is 0. The smallest absolute Gasteiger partial charge is 0.217 e. The summed E-state index contributed by atoms with van der Waals surface area (Å²) in [6, 6.07) is 14.3. The molecule has 2 aromatic carbocycles. The van der Waals surface area contributed by atoms with Gasteiger partial charge in [-0.3, -0.25) is 4.79 Å². The molecule has 0 radical (unpaired) electrons. The number of hydrogen-bond acceptors (Lipinski definition) is 1. The Morgan fingerprint density at radius 2 is 1.94 bits per heavy atom. The maximum absolute atomic E-state index is 10.7. The molecule has 0 saturated heterocycles. The highest BCUT2D eigenvalue weighted by Gasteiger charge is 1.92. The van der Waals surface area contributed by atoms with E-state index in [1.54, 1.807) is 0 Å². The molecule has 0 aliphatic carbocycles. The minimum absolute atomic E-state index is 0.0576. The van der Waals surface area contributed by atoms with Gasteiger partial charge in [0.25, 0.3) is 0 Å². The van der Waals surface area contributed by atoms with Crippen LogP contribution in [0.15, 0.2) is 42.5 Å². The van der Waals surface area contributed by atoms with Gasteiger partial charge in [-0.15, -0.1) is 0 Å². The van der Waals surface area contributed by atoms with Crippen LogP contribution in [-0.2, 0) is 4.79 Å². The Hall–Kier alpha value is -2.27. The molecule has 1 amide bonds. The number of hydrogen-bond donors (Lipinski definition) is 1. The minimum atomic E-state index is -0.0576. The van der Waals surface area contributed by atoms with Gasteiger partial charge in [-0.2, -0.15) is 0 Å². The summed E-state index contributed by atoms with van der Waals surface area (Å²) < 4.78 is 0. The van der Waals surface area contributed by atoms with E-state index in [0.717, 1.165) is 5.56 Å². The van der Waals surface area contributed by atoms with E-state index < -0.39 is 0 Å². The van der Waals surface area contributed by atoms with Gasteiger partial charge in [0.1, 0.15) is 0 Å². The van der Waals surface area contributed by atoms with Gasteiger partial charge >= 0.3 is 0 Å². The van der Waals surface area contributed by atoms with Gasteiger partial charge in [-0.1, -0.05) is 42.2 Å². The molecule has 0 spiro atoms. The second-order valence-corrected chi connectivity index (χ2v) is 3.77. The lowest BCUT2D eigenvalue weighted by atomic mass is 10.1. The zero-order chi connectivity index (χ0) is 12.1. The maximum Gasteiger partial charge on any atom is 0.217 e. The van der Waals surface area contributed by atoms with Crippen molar-refractivity contribution in [2.45, 2.75) is 6.92 Å². The first kappa shape index (κ1) is 11.2. The fraction of sp³-hybridized carbons (Fsp3) is 0.133. The van der Waals surface area contributed by atoms with Crippen LogP contribution in [0.2, 0.25) is 0 Å². The summed E-state index contributed by atoms with van der Waals surface area (Å²) in [5, 5.41) is 5.03. The maximum atomic E-state index is 10.7. The highest BCUT2D eigenvalue weighted by molar-refractivity contribution is 5.83. The van der Waals surface area contributed by atoms with Gasteiger partial charge in [-0.25, -0.2) is 0 Å². The summed E-state index contributed by atoms with van der Waals surface area (Å²) >= 11 is 0. The molecule has 1 N–H and O–H groups in total. The molecular weight excluding hydrogens is 210 g/mol. The van der Waals surface area contributed by atoms with Crippen molar-refractivity contribution in [3.8, 4) is 11.8 Å². The standard InChI is InChI=1S/C15H13NO/c1-12(17)16-10-4-5-13-8-9-14-6-2-3-7-15(14)11-13/h2-3,6-9,11H,10H2,1H3,(H,16,17). The quantitative estimate of drug-likeness (QED) is 0.739. The van der Waals surface area contributed by atoms with E-state index in [2.05, 4.69) is 41.4 Å². The summed E-state index contributed by atoms with van der Waals surface area (Å²) in [4.78, 5) is 10.7. The lowest BCUT2D eigenvalue weighted by molar-refractivity contribution is -0.118. The van der Waals surface area contributed by atoms with E-state index >= 15 is 0 Å². The zero-order valence-corrected chi connectivity index (χ0v) is 9.66. The first-order valence-electron chi connectivity index (χ1n) is 5.48. The van der Waals surface area contributed by atoms with Crippen molar-refractivity contribution in [2.75, 3.05) is 6.54 Å². The monoisotopic (exact) mass is 223 g/mol. The van der Waals surface area contributed by atoms with Gasteiger partial charge in [-0.05, 0) is 22.9 Å². The van der Waals surface area contributed by atoms with Crippen molar-refractivity contribution in [2.24, 2.45) is 0 Å². The van der Waals surface area contributed by atoms with Crippen LogP contribution in [0, 0.1) is 11.8 Å². The van der Waals surface area contributed by atoms with Crippen LogP contribution >= 0.6 is 0 Å². The third-order valence-corrected chi connectivity index (χ3v) is 2.41. The van der Waals surface area contributed by atoms with Gasteiger partial charge in [0.05, 0.1) is 6.54 Å². The number of nitrogens with one attached hydrogen (secondary N) is 1. The molecule has 2 heteroatoms. The lowest BCUT2D eigenvalue weighted by Gasteiger charge is -1.97. The van der Waals surface area contributed by atoms with E-state index in [4.69, 9.17) is 0 Å². The third kappa shape index (κ3) is 3.09. The van der Waals surface area contributed by atoms with Gasteiger partial charge in [0.2, 0.25) is 5.91 Å². The summed E-state index contributed by atoms with van der Waals surface area (Å²) in [5.41, 5.74) is 0.967. The van der Waals surface area contributed by atoms with Gasteiger partial charge in [0, 0.05) is 12.5 Å². The van der Waals surface area contributed by atoms with E-state index in [1.165, 1.54) is 17.7 Å². The molecule has 0 fully saturated rings. The van der Waals surface area contributed by atoms with Crippen molar-refractivity contribution < 1.29 is 4.79 Å². The van der Waals surface area contributed by atoms with Crippen molar-refractivity contribution in [3.63, 3.8) is 0 Å². The number of fused-ring (bicyclic) bond motifs is 1. The first-order chi connectivity index (χ1) is 8.25. The largest absolute Gasteiger partial charge is 0.345 e. The van der Waals surface area contributed by atoms with E-state index in [1.807, 2.05) is 18.2 Å². The molecule has 84 valence electrons. The Morgan fingerprint density at radius 1 is 1.18 bits per heavy atom. The predicted octanol–water partition coefficient (Wildman–Crippen LogP) is 2.33. The van der Waals surface area contributed by atoms with E-state index in [-0.39, 0.29) is 5.91 Å². The third-order valence-electron chi connectivity index (χ3n) is 2.41. The molecule has 0 atom stereocenters. The van der Waals surface area contributed by atoms with E-state index in [9.17, 15) is 4.79 Å². The topological polar surface area (TPSA) is 29.1 Å². The summed E-state index contributed by atoms with van der Waals surface area (Å²) in [6.45, 7) is 1.87. The Labute approximate surface area is 101 Å². The molecule has 2 rings (SSSR count). The number of amides is 1. The normalized spacial score (nSPS) is 9.47. The zero-order valence-electron chi connectivity index (χ0n) is 9.66. The molecule has 2 aromatic rings. The van der Waals surface area contributed by atoms with Crippen molar-refractivity contribution in [1.82, 2.24) is 5.32 Å². The van der Waals surface area contributed by atoms with Crippen LogP contribution in [0.3, 0.4) is 0 Å². The average Bonchev–Trinajstić information content (AvgIpc) is 2.34. The highest BCUT2D eigenvalue weighted by Crippen LogP contribution is 2.14. The SMILES string of the molecule is CC(=O)NCC#Cc1ccc2ccccc2c1. The molecule has 2 nitrogen and oxygen atoms in total. The van der Waals surface area contributed by atoms with E-state index in [0.29, 0.717) is 6.54 Å². The molecule has 0 aromatic heterocycles. The van der Waals surface area contributed by atoms with Crippen LogP contribution < -0.4 is 5.32 Å². The van der Waals surface area contributed by atoms with Crippen LogP contribution in [0.25, 0.3) is 10.8 Å². The lowest BCUT2D eigenvalue weighted by Crippen LogP contribution is -2.19. The second-order valence-electron chi connectivity index (χ2n) is 3.77. The molecule has 0 bridgehead atoms. The van der Waals surface area contributed by atoms with Crippen LogP contribution in [0.4, 0.5) is 0 Å². The van der Waals surface area contributed by atoms with Crippen LogP contribution in [-0.4, -0.2) is 12.5 Å². The van der Waals surface area contributed by atoms with Crippen molar-refractivity contribution >= 4 is 16.7 Å². The molecule has 0 aliphatic heterocycles. The fourth-order valence-corrected chi connectivity index (χ4v) is 1.58. The Morgan fingerprint density at radius 3 is 2.71 bits per heavy atom. The Balaban J connectivity index is 2.16. The fourth-order valence-electron chi connectivity index (χ4n) is 1.58. The van der Waals surface area contributed by atoms with Crippen molar-refractivity contribution in [1.29, 1.82) is 0 Å². The summed E-state index contributed by atoms with van der Waals surface area (Å²) in [5.74, 6) is 5.89. The molecular formula is C15H13NO. The number of benzene rings is 2. The van der Waals surface area contributed by atoms with Crippen molar-refractivity contribution in [3.05, 3.63) is 48.0 Å². The Bertz CT molecular complexity index is 605. The Kier molecular flexibility index (Phi) is 3.42. The highest BCUT2D eigenvalue weighted by atomic mass is 16.1. The summed E-state index contributed by atoms with van der Waals surface area (Å²) in [7, 11) is 0. The average molecular weight is 223 g/mol. The van der Waals surface area contributed by atoms with Crippen LogP contribution in [0.1, 0.15) is 12.5 Å². The molecule has 0 heterocycles. The number of carbonyl (C=O) groups excluding carboxylic acids is 1. The first-order valence-corrected chi connectivity index (χ1v) is 5.48. The number of carbonyl (C=O) groups is 1. The molecule has 0 aliphatic rings. The second kappa shape index (κ2) is 5.18. The number of rotatable bonds is 1. The van der Waals surface area contributed by atoms with Gasteiger partial charge < -0.3 is 5.32 Å². The molecule has 0 saturated carbocycles. The molecule has 17 heavy (non-hydrogen) atoms. The minimum Gasteiger partial charge on any atom is -0.345 e. The predicted molar refractivity (Wildman–Crippen MR) is 69.5 cm³/mol. The van der Waals surface area contributed by atoms with Crippen LogP contribution in [0.5, 0.6) is 0 Å². The van der Waals surface area contributed by atoms with Gasteiger partial charge in [0.15, 0.2) is 0 Å².